The molecule has 0 fully saturated rings. The molecule has 0 unspecified atom stereocenters. The van der Waals surface area contributed by atoms with Crippen molar-refractivity contribution in [2.24, 2.45) is 5.92 Å². The lowest BCUT2D eigenvalue weighted by Gasteiger charge is -2.30. The molecule has 1 aliphatic heterocycles. The Balaban J connectivity index is 1.80. The van der Waals surface area contributed by atoms with Crippen molar-refractivity contribution in [3.05, 3.63) is 96.1 Å². The van der Waals surface area contributed by atoms with Crippen LogP contribution in [0.5, 0.6) is 0 Å². The van der Waals surface area contributed by atoms with Gasteiger partial charge in [-0.2, -0.15) is 0 Å². The average Bonchev–Trinajstić information content (AvgIpc) is 3.39. The van der Waals surface area contributed by atoms with Crippen LogP contribution < -0.4 is 0 Å². The van der Waals surface area contributed by atoms with Gasteiger partial charge in [-0.25, -0.2) is 0 Å². The molecule has 5 nitrogen and oxygen atoms in total. The predicted octanol–water partition coefficient (Wildman–Crippen LogP) is 5.25. The van der Waals surface area contributed by atoms with Gasteiger partial charge in [-0.05, 0) is 35.8 Å². The van der Waals surface area contributed by atoms with E-state index in [4.69, 9.17) is 0 Å². The lowest BCUT2D eigenvalue weighted by Crippen LogP contribution is -2.27. The maximum Gasteiger partial charge on any atom is 0.227 e. The van der Waals surface area contributed by atoms with Gasteiger partial charge in [0.2, 0.25) is 5.91 Å². The number of benzene rings is 2. The van der Waals surface area contributed by atoms with Crippen molar-refractivity contribution in [3.63, 3.8) is 0 Å². The minimum atomic E-state index is -0.400. The topological polar surface area (TPSA) is 69.0 Å². The minimum absolute atomic E-state index is 0.0513. The number of aromatic amines is 2. The summed E-state index contributed by atoms with van der Waals surface area (Å²) in [6, 6.07) is 16.3. The summed E-state index contributed by atoms with van der Waals surface area (Å²) in [6.45, 7) is 3.13. The van der Waals surface area contributed by atoms with Gasteiger partial charge in [0.15, 0.2) is 0 Å². The smallest absolute Gasteiger partial charge is 0.227 e. The van der Waals surface area contributed by atoms with Gasteiger partial charge in [-0.3, -0.25) is 14.5 Å². The van der Waals surface area contributed by atoms with Crippen LogP contribution in [-0.2, 0) is 9.59 Å². The van der Waals surface area contributed by atoms with E-state index in [1.165, 1.54) is 6.92 Å². The van der Waals surface area contributed by atoms with Gasteiger partial charge in [0.25, 0.3) is 0 Å². The van der Waals surface area contributed by atoms with Crippen molar-refractivity contribution in [2.75, 3.05) is 0 Å². The molecule has 5 rings (SSSR count). The number of H-pyrrole nitrogens is 2. The molecule has 1 atom stereocenters. The SMILES string of the molecule is CC(=O)[C@@H]1C=CN(C(C)=O)C=C1C(c1c[nH]c2ccccc12)c1c[nH]c2ccccc12. The Hall–Kier alpha value is -3.86. The molecule has 2 aromatic heterocycles. The van der Waals surface area contributed by atoms with Crippen molar-refractivity contribution in [2.45, 2.75) is 19.8 Å². The summed E-state index contributed by atoms with van der Waals surface area (Å²) in [6.07, 6.45) is 9.40. The third kappa shape index (κ3) is 3.19. The molecule has 0 bridgehead atoms. The van der Waals surface area contributed by atoms with E-state index >= 15 is 0 Å². The summed E-state index contributed by atoms with van der Waals surface area (Å²) in [7, 11) is 0. The van der Waals surface area contributed by atoms with Crippen LogP contribution in [-0.4, -0.2) is 26.6 Å². The molecule has 154 valence electrons. The zero-order valence-electron chi connectivity index (χ0n) is 17.4. The average molecular weight is 409 g/mol. The second-order valence-electron chi connectivity index (χ2n) is 8.00. The Labute approximate surface area is 180 Å². The van der Waals surface area contributed by atoms with Crippen LogP contribution >= 0.6 is 0 Å². The largest absolute Gasteiger partial charge is 0.361 e. The standard InChI is InChI=1S/C26H23N3O2/c1-16(30)18-11-12-29(17(2)31)15-23(18)26(21-13-27-24-9-5-3-7-19(21)24)22-14-28-25-10-6-4-8-20(22)25/h3-15,18,26-28H,1-2H3/t18-/m0/s1. The van der Waals surface area contributed by atoms with Crippen molar-refractivity contribution >= 4 is 33.5 Å². The zero-order chi connectivity index (χ0) is 21.5. The first-order chi connectivity index (χ1) is 15.0. The van der Waals surface area contributed by atoms with E-state index in [-0.39, 0.29) is 17.6 Å². The summed E-state index contributed by atoms with van der Waals surface area (Å²) in [5, 5.41) is 2.20. The molecule has 3 heterocycles. The van der Waals surface area contributed by atoms with E-state index in [0.29, 0.717) is 0 Å². The number of hydrogen-bond donors (Lipinski definition) is 2. The number of fused-ring (bicyclic) bond motifs is 2. The van der Waals surface area contributed by atoms with Gasteiger partial charge in [0, 0.05) is 59.4 Å². The van der Waals surface area contributed by atoms with E-state index in [1.807, 2.05) is 61.1 Å². The van der Waals surface area contributed by atoms with Gasteiger partial charge >= 0.3 is 0 Å². The Morgan fingerprint density at radius 1 is 0.871 bits per heavy atom. The number of carbonyl (C=O) groups is 2. The first-order valence-corrected chi connectivity index (χ1v) is 10.4. The third-order valence-corrected chi connectivity index (χ3v) is 6.09. The number of Topliss-reactive ketones (excluding diaryl/α,β-unsaturated/α-hetero) is 1. The molecule has 2 N–H and O–H groups in total. The van der Waals surface area contributed by atoms with E-state index in [1.54, 1.807) is 18.0 Å². The first kappa shape index (κ1) is 19.1. The van der Waals surface area contributed by atoms with Gasteiger partial charge in [-0.15, -0.1) is 0 Å². The van der Waals surface area contributed by atoms with Crippen LogP contribution in [0.2, 0.25) is 0 Å². The van der Waals surface area contributed by atoms with Crippen LogP contribution in [0.25, 0.3) is 21.8 Å². The van der Waals surface area contributed by atoms with E-state index in [9.17, 15) is 9.59 Å². The van der Waals surface area contributed by atoms with Crippen molar-refractivity contribution in [1.82, 2.24) is 14.9 Å². The van der Waals surface area contributed by atoms with E-state index in [0.717, 1.165) is 38.5 Å². The number of para-hydroxylation sites is 2. The van der Waals surface area contributed by atoms with Crippen LogP contribution in [0.3, 0.4) is 0 Å². The number of nitrogens with one attached hydrogen (secondary N) is 2. The monoisotopic (exact) mass is 409 g/mol. The highest BCUT2D eigenvalue weighted by atomic mass is 16.2. The molecule has 0 aliphatic carbocycles. The number of nitrogens with zero attached hydrogens (tertiary/aromatic N) is 1. The lowest BCUT2D eigenvalue weighted by molar-refractivity contribution is -0.125. The van der Waals surface area contributed by atoms with Gasteiger partial charge in [0.05, 0.1) is 5.92 Å². The third-order valence-electron chi connectivity index (χ3n) is 6.09. The quantitative estimate of drug-likeness (QED) is 0.484. The number of hydrogen-bond acceptors (Lipinski definition) is 2. The highest BCUT2D eigenvalue weighted by molar-refractivity contribution is 5.91. The Bertz CT molecular complexity index is 1300. The van der Waals surface area contributed by atoms with Crippen LogP contribution in [0.1, 0.15) is 30.9 Å². The van der Waals surface area contributed by atoms with Gasteiger partial charge in [0.1, 0.15) is 5.78 Å². The number of ketones is 1. The van der Waals surface area contributed by atoms with E-state index < -0.39 is 5.92 Å². The number of aromatic nitrogens is 2. The summed E-state index contributed by atoms with van der Waals surface area (Å²) >= 11 is 0. The summed E-state index contributed by atoms with van der Waals surface area (Å²) < 4.78 is 0. The molecule has 0 saturated carbocycles. The molecule has 0 radical (unpaired) electrons. The molecule has 1 amide bonds. The zero-order valence-corrected chi connectivity index (χ0v) is 17.4. The lowest BCUT2D eigenvalue weighted by atomic mass is 9.77. The fourth-order valence-corrected chi connectivity index (χ4v) is 4.59. The second kappa shape index (κ2) is 7.43. The Kier molecular flexibility index (Phi) is 4.59. The highest BCUT2D eigenvalue weighted by Crippen LogP contribution is 2.43. The molecule has 1 aliphatic rings. The molecule has 5 heteroatoms. The second-order valence-corrected chi connectivity index (χ2v) is 8.00. The van der Waals surface area contributed by atoms with Crippen LogP contribution in [0.15, 0.2) is 85.0 Å². The normalized spacial score (nSPS) is 16.3. The molecule has 0 spiro atoms. The predicted molar refractivity (Wildman–Crippen MR) is 122 cm³/mol. The summed E-state index contributed by atoms with van der Waals surface area (Å²) in [5.41, 5.74) is 5.13. The maximum absolute atomic E-state index is 12.6. The van der Waals surface area contributed by atoms with Crippen molar-refractivity contribution < 1.29 is 9.59 Å². The number of allylic oxidation sites excluding steroid dienone is 2. The van der Waals surface area contributed by atoms with Crippen LogP contribution in [0, 0.1) is 5.92 Å². The summed E-state index contributed by atoms with van der Waals surface area (Å²) in [5.74, 6) is -0.640. The molecular formula is C26H23N3O2. The summed E-state index contributed by atoms with van der Waals surface area (Å²) in [4.78, 5) is 33.1. The van der Waals surface area contributed by atoms with Gasteiger partial charge < -0.3 is 9.97 Å². The molecule has 2 aromatic carbocycles. The van der Waals surface area contributed by atoms with Crippen LogP contribution in [0.4, 0.5) is 0 Å². The number of carbonyl (C=O) groups excluding carboxylic acids is 2. The molecular weight excluding hydrogens is 386 g/mol. The molecule has 0 saturated heterocycles. The number of rotatable bonds is 4. The number of amides is 1. The van der Waals surface area contributed by atoms with Gasteiger partial charge in [-0.1, -0.05) is 42.5 Å². The fraction of sp³-hybridized carbons (Fsp3) is 0.154. The molecule has 4 aromatic rings. The van der Waals surface area contributed by atoms with Crippen molar-refractivity contribution in [1.29, 1.82) is 0 Å². The Morgan fingerprint density at radius 3 is 1.94 bits per heavy atom. The fourth-order valence-electron chi connectivity index (χ4n) is 4.59. The first-order valence-electron chi connectivity index (χ1n) is 10.4. The minimum Gasteiger partial charge on any atom is -0.361 e. The maximum atomic E-state index is 12.6. The Morgan fingerprint density at radius 2 is 1.42 bits per heavy atom. The molecule has 31 heavy (non-hydrogen) atoms. The van der Waals surface area contributed by atoms with E-state index in [2.05, 4.69) is 22.1 Å². The highest BCUT2D eigenvalue weighted by Gasteiger charge is 2.33. The van der Waals surface area contributed by atoms with Crippen molar-refractivity contribution in [3.8, 4) is 0 Å².